The average molecular weight is 300 g/mol. The summed E-state index contributed by atoms with van der Waals surface area (Å²) in [7, 11) is 0. The fourth-order valence-electron chi connectivity index (χ4n) is 2.15. The lowest BCUT2D eigenvalue weighted by Crippen LogP contribution is -2.27. The molecular weight excluding hydrogens is 285 g/mol. The van der Waals surface area contributed by atoms with Crippen LogP contribution in [0.4, 0.5) is 0 Å². The molecule has 0 amide bonds. The van der Waals surface area contributed by atoms with E-state index in [1.807, 2.05) is 24.3 Å². The van der Waals surface area contributed by atoms with E-state index in [9.17, 15) is 0 Å². The molecule has 1 N–H and O–H groups in total. The van der Waals surface area contributed by atoms with Crippen LogP contribution in [-0.4, -0.2) is 33.3 Å². The lowest BCUT2D eigenvalue weighted by Gasteiger charge is -2.18. The van der Waals surface area contributed by atoms with Crippen LogP contribution < -0.4 is 5.32 Å². The number of benzene rings is 1. The van der Waals surface area contributed by atoms with Crippen molar-refractivity contribution in [3.05, 3.63) is 35.1 Å². The molecule has 0 bridgehead atoms. The van der Waals surface area contributed by atoms with Crippen LogP contribution in [0.15, 0.2) is 24.3 Å². The molecule has 2 aromatic rings. The summed E-state index contributed by atoms with van der Waals surface area (Å²) in [6.45, 7) is 2.06. The normalized spacial score (nSPS) is 16.1. The third-order valence-corrected chi connectivity index (χ3v) is 3.44. The summed E-state index contributed by atoms with van der Waals surface area (Å²) >= 11 is 5.85. The zero-order valence-electron chi connectivity index (χ0n) is 10.3. The summed E-state index contributed by atoms with van der Waals surface area (Å²) in [6, 6.07) is 7.42. The first kappa shape index (κ1) is 14.2. The molecule has 0 aliphatic carbocycles. The molecule has 2 heterocycles. The van der Waals surface area contributed by atoms with Crippen molar-refractivity contribution in [3.8, 4) is 5.69 Å². The summed E-state index contributed by atoms with van der Waals surface area (Å²) in [4.78, 5) is 1.56. The van der Waals surface area contributed by atoms with Crippen LogP contribution in [0.3, 0.4) is 0 Å². The number of halogens is 2. The number of nitrogens with one attached hydrogen (secondary N) is 1. The number of hydrogen-bond donors (Lipinski definition) is 1. The fraction of sp³-hybridized carbons (Fsp3) is 0.417. The van der Waals surface area contributed by atoms with Gasteiger partial charge in [-0.05, 0) is 55.4 Å². The molecule has 0 unspecified atom stereocenters. The van der Waals surface area contributed by atoms with Crippen LogP contribution >= 0.6 is 24.0 Å². The molecule has 3 rings (SSSR count). The van der Waals surface area contributed by atoms with E-state index in [0.717, 1.165) is 37.4 Å². The van der Waals surface area contributed by atoms with Gasteiger partial charge in [-0.3, -0.25) is 0 Å². The Morgan fingerprint density at radius 1 is 1.16 bits per heavy atom. The van der Waals surface area contributed by atoms with E-state index in [1.54, 1.807) is 4.80 Å². The van der Waals surface area contributed by atoms with E-state index in [2.05, 4.69) is 20.7 Å². The van der Waals surface area contributed by atoms with Gasteiger partial charge in [-0.25, -0.2) is 0 Å². The molecule has 5 nitrogen and oxygen atoms in total. The first-order chi connectivity index (χ1) is 8.83. The zero-order chi connectivity index (χ0) is 12.4. The molecule has 1 aliphatic rings. The van der Waals surface area contributed by atoms with E-state index in [1.165, 1.54) is 0 Å². The van der Waals surface area contributed by atoms with E-state index < -0.39 is 0 Å². The van der Waals surface area contributed by atoms with Crippen LogP contribution in [0, 0.1) is 0 Å². The Bertz CT molecular complexity index is 519. The van der Waals surface area contributed by atoms with Crippen molar-refractivity contribution in [2.75, 3.05) is 13.1 Å². The lowest BCUT2D eigenvalue weighted by atomic mass is 9.98. The molecule has 0 atom stereocenters. The molecule has 19 heavy (non-hydrogen) atoms. The highest BCUT2D eigenvalue weighted by molar-refractivity contribution is 6.30. The van der Waals surface area contributed by atoms with Gasteiger partial charge < -0.3 is 5.32 Å². The van der Waals surface area contributed by atoms with Gasteiger partial charge in [0.2, 0.25) is 0 Å². The van der Waals surface area contributed by atoms with Crippen LogP contribution in [-0.2, 0) is 0 Å². The minimum absolute atomic E-state index is 0. The fourth-order valence-corrected chi connectivity index (χ4v) is 2.28. The quantitative estimate of drug-likeness (QED) is 0.924. The third-order valence-electron chi connectivity index (χ3n) is 3.19. The topological polar surface area (TPSA) is 55.6 Å². The molecule has 1 aliphatic heterocycles. The molecule has 7 heteroatoms. The lowest BCUT2D eigenvalue weighted by molar-refractivity contribution is 0.444. The predicted octanol–water partition coefficient (Wildman–Crippen LogP) is 2.20. The molecule has 1 fully saturated rings. The molecule has 1 aromatic carbocycles. The molecule has 0 spiro atoms. The minimum Gasteiger partial charge on any atom is -0.317 e. The van der Waals surface area contributed by atoms with Gasteiger partial charge >= 0.3 is 0 Å². The van der Waals surface area contributed by atoms with Gasteiger partial charge in [0.25, 0.3) is 0 Å². The van der Waals surface area contributed by atoms with Crippen LogP contribution in [0.25, 0.3) is 5.69 Å². The van der Waals surface area contributed by atoms with Crippen molar-refractivity contribution in [2.24, 2.45) is 0 Å². The number of tetrazole rings is 1. The first-order valence-electron chi connectivity index (χ1n) is 6.09. The van der Waals surface area contributed by atoms with Crippen molar-refractivity contribution >= 4 is 24.0 Å². The highest BCUT2D eigenvalue weighted by atomic mass is 35.5. The Kier molecular flexibility index (Phi) is 4.74. The largest absolute Gasteiger partial charge is 0.317 e. The van der Waals surface area contributed by atoms with Gasteiger partial charge in [-0.2, -0.15) is 0 Å². The van der Waals surface area contributed by atoms with Crippen LogP contribution in [0.1, 0.15) is 24.6 Å². The zero-order valence-corrected chi connectivity index (χ0v) is 11.9. The first-order valence-corrected chi connectivity index (χ1v) is 6.47. The van der Waals surface area contributed by atoms with E-state index in [-0.39, 0.29) is 12.4 Å². The van der Waals surface area contributed by atoms with Gasteiger partial charge in [0, 0.05) is 10.9 Å². The smallest absolute Gasteiger partial charge is 0.178 e. The average Bonchev–Trinajstić information content (AvgIpc) is 2.90. The third kappa shape index (κ3) is 3.23. The standard InChI is InChI=1S/C12H14ClN5.ClH/c13-10-1-3-11(4-2-10)18-16-12(15-17-18)9-5-7-14-8-6-9;/h1-4,9,14H,5-8H2;1H. The van der Waals surface area contributed by atoms with Gasteiger partial charge in [0.1, 0.15) is 0 Å². The maximum atomic E-state index is 5.85. The number of piperidine rings is 1. The van der Waals surface area contributed by atoms with Crippen molar-refractivity contribution in [1.29, 1.82) is 0 Å². The number of rotatable bonds is 2. The second-order valence-electron chi connectivity index (χ2n) is 4.44. The summed E-state index contributed by atoms with van der Waals surface area (Å²) in [5.41, 5.74) is 0.882. The van der Waals surface area contributed by atoms with E-state index >= 15 is 0 Å². The van der Waals surface area contributed by atoms with Gasteiger partial charge in [0.05, 0.1) is 5.69 Å². The second kappa shape index (κ2) is 6.32. The predicted molar refractivity (Wildman–Crippen MR) is 76.3 cm³/mol. The van der Waals surface area contributed by atoms with Crippen molar-refractivity contribution < 1.29 is 0 Å². The van der Waals surface area contributed by atoms with Gasteiger partial charge in [-0.1, -0.05) is 11.6 Å². The summed E-state index contributed by atoms with van der Waals surface area (Å²) in [5, 5.41) is 16.8. The van der Waals surface area contributed by atoms with E-state index in [0.29, 0.717) is 10.9 Å². The van der Waals surface area contributed by atoms with Crippen LogP contribution in [0.2, 0.25) is 5.02 Å². The Morgan fingerprint density at radius 3 is 2.53 bits per heavy atom. The monoisotopic (exact) mass is 299 g/mol. The SMILES string of the molecule is Cl.Clc1ccc(-n2nnc(C3CCNCC3)n2)cc1. The molecule has 1 aromatic heterocycles. The number of aromatic nitrogens is 4. The Balaban J connectivity index is 0.00000133. The summed E-state index contributed by atoms with van der Waals surface area (Å²) in [6.07, 6.45) is 2.15. The minimum atomic E-state index is 0. The molecule has 102 valence electrons. The molecule has 0 radical (unpaired) electrons. The van der Waals surface area contributed by atoms with Crippen molar-refractivity contribution in [3.63, 3.8) is 0 Å². The Labute approximate surface area is 122 Å². The number of nitrogens with zero attached hydrogens (tertiary/aromatic N) is 4. The number of hydrogen-bond acceptors (Lipinski definition) is 4. The van der Waals surface area contributed by atoms with Crippen molar-refractivity contribution in [1.82, 2.24) is 25.5 Å². The molecule has 1 saturated heterocycles. The highest BCUT2D eigenvalue weighted by Crippen LogP contribution is 2.21. The molecule has 0 saturated carbocycles. The van der Waals surface area contributed by atoms with Gasteiger partial charge in [-0.15, -0.1) is 27.4 Å². The molecular formula is C12H15Cl2N5. The Hall–Kier alpha value is -1.17. The maximum absolute atomic E-state index is 5.85. The Morgan fingerprint density at radius 2 is 1.84 bits per heavy atom. The van der Waals surface area contributed by atoms with Crippen LogP contribution in [0.5, 0.6) is 0 Å². The summed E-state index contributed by atoms with van der Waals surface area (Å²) in [5.74, 6) is 1.26. The van der Waals surface area contributed by atoms with Crippen molar-refractivity contribution in [2.45, 2.75) is 18.8 Å². The highest BCUT2D eigenvalue weighted by Gasteiger charge is 2.20. The van der Waals surface area contributed by atoms with E-state index in [4.69, 9.17) is 11.6 Å². The van der Waals surface area contributed by atoms with Gasteiger partial charge in [0.15, 0.2) is 5.82 Å². The maximum Gasteiger partial charge on any atom is 0.178 e. The summed E-state index contributed by atoms with van der Waals surface area (Å²) < 4.78 is 0. The second-order valence-corrected chi connectivity index (χ2v) is 4.87.